The van der Waals surface area contributed by atoms with E-state index in [1.54, 1.807) is 0 Å². The van der Waals surface area contributed by atoms with Crippen molar-refractivity contribution >= 4 is 26.3 Å². The van der Waals surface area contributed by atoms with Crippen molar-refractivity contribution in [2.75, 3.05) is 5.75 Å². The third kappa shape index (κ3) is 6.50. The molecule has 3 heteroatoms. The molecular formula is C26H37NOS. The van der Waals surface area contributed by atoms with Crippen LogP contribution >= 0.6 is 0 Å². The molecule has 0 bridgehead atoms. The average molecular weight is 412 g/mol. The lowest BCUT2D eigenvalue weighted by Crippen LogP contribution is -2.08. The molecule has 0 amide bonds. The summed E-state index contributed by atoms with van der Waals surface area (Å²) < 4.78 is 13.0. The Labute approximate surface area is 177 Å². The van der Waals surface area contributed by atoms with Crippen molar-refractivity contribution in [3.63, 3.8) is 0 Å². The Kier molecular flexibility index (Phi) is 9.03. The zero-order valence-corrected chi connectivity index (χ0v) is 19.4. The van der Waals surface area contributed by atoms with Crippen LogP contribution in [0.2, 0.25) is 0 Å². The summed E-state index contributed by atoms with van der Waals surface area (Å²) in [5.74, 6) is 5.29. The van der Waals surface area contributed by atoms with Crippen LogP contribution in [0.1, 0.15) is 58.1 Å². The number of nitrogens with one attached hydrogen (secondary N) is 1. The first kappa shape index (κ1) is 23.3. The molecule has 158 valence electrons. The highest BCUT2D eigenvalue weighted by atomic mass is 32.2. The molecule has 2 nitrogen and oxygen atoms in total. The number of fused-ring (bicyclic) bond motifs is 1. The number of unbranched alkanes of at least 4 members (excludes halogenated alkanes) is 1. The van der Waals surface area contributed by atoms with Gasteiger partial charge in [0.05, 0.1) is 0 Å². The van der Waals surface area contributed by atoms with Gasteiger partial charge < -0.3 is 4.98 Å². The molecule has 0 spiro atoms. The molecule has 1 heterocycles. The largest absolute Gasteiger partial charge is 0.361 e. The van der Waals surface area contributed by atoms with Gasteiger partial charge in [0.15, 0.2) is 0 Å². The Morgan fingerprint density at radius 2 is 1.83 bits per heavy atom. The van der Waals surface area contributed by atoms with Gasteiger partial charge in [-0.15, -0.1) is 0 Å². The van der Waals surface area contributed by atoms with Crippen LogP contribution < -0.4 is 0 Å². The zero-order chi connectivity index (χ0) is 21.3. The van der Waals surface area contributed by atoms with Gasteiger partial charge in [-0.3, -0.25) is 4.21 Å². The predicted molar refractivity (Wildman–Crippen MR) is 131 cm³/mol. The van der Waals surface area contributed by atoms with Gasteiger partial charge >= 0.3 is 0 Å². The number of benzene rings is 2. The minimum atomic E-state index is -2.25. The monoisotopic (exact) mass is 411 g/mol. The zero-order valence-electron chi connectivity index (χ0n) is 18.5. The maximum absolute atomic E-state index is 13.0. The van der Waals surface area contributed by atoms with Crippen molar-refractivity contribution in [1.29, 1.82) is 0 Å². The van der Waals surface area contributed by atoms with Gasteiger partial charge in [-0.25, -0.2) is 0 Å². The van der Waals surface area contributed by atoms with Gasteiger partial charge in [0.1, 0.15) is 0 Å². The molecule has 1 aromatic heterocycles. The fourth-order valence-corrected chi connectivity index (χ4v) is 5.10. The second-order valence-electron chi connectivity index (χ2n) is 7.72. The molecule has 0 aliphatic heterocycles. The first-order valence-corrected chi connectivity index (χ1v) is 12.9. The molecule has 2 unspecified atom stereocenters. The summed E-state index contributed by atoms with van der Waals surface area (Å²) in [5.41, 5.74) is 3.82. The number of aromatic nitrogens is 1. The molecule has 0 saturated heterocycles. The first-order chi connectivity index (χ1) is 14.0. The van der Waals surface area contributed by atoms with Crippen molar-refractivity contribution in [2.24, 2.45) is 5.92 Å². The molecule has 0 aliphatic rings. The van der Waals surface area contributed by atoms with Gasteiger partial charge in [0, 0.05) is 27.7 Å². The van der Waals surface area contributed by atoms with Crippen LogP contribution in [0.15, 0.2) is 59.6 Å². The van der Waals surface area contributed by atoms with Gasteiger partial charge in [-0.05, 0) is 69.5 Å². The van der Waals surface area contributed by atoms with Gasteiger partial charge in [0.2, 0.25) is 0 Å². The van der Waals surface area contributed by atoms with Crippen LogP contribution in [0.25, 0.3) is 10.9 Å². The lowest BCUT2D eigenvalue weighted by molar-refractivity contribution is 0.505. The Morgan fingerprint density at radius 1 is 1.10 bits per heavy atom. The van der Waals surface area contributed by atoms with Gasteiger partial charge in [-0.1, -0.05) is 71.2 Å². The number of hydrogen-bond acceptors (Lipinski definition) is 1. The number of aryl methyl sites for hydroxylation is 1. The van der Waals surface area contributed by atoms with E-state index in [0.29, 0.717) is 11.7 Å². The Morgan fingerprint density at radius 3 is 2.52 bits per heavy atom. The summed E-state index contributed by atoms with van der Waals surface area (Å²) in [4.78, 5) is 4.25. The smallest absolute Gasteiger partial charge is 0.0456 e. The third-order valence-electron chi connectivity index (χ3n) is 5.34. The molecule has 2 atom stereocenters. The summed E-state index contributed by atoms with van der Waals surface area (Å²) >= 11 is 0. The van der Waals surface area contributed by atoms with Crippen LogP contribution in [0.3, 0.4) is 0 Å². The summed E-state index contributed by atoms with van der Waals surface area (Å²) in [6.45, 7) is 8.59. The van der Waals surface area contributed by atoms with Crippen molar-refractivity contribution in [3.05, 3.63) is 65.9 Å². The van der Waals surface area contributed by atoms with E-state index in [4.69, 9.17) is 0 Å². The summed E-state index contributed by atoms with van der Waals surface area (Å²) in [6.07, 6.45) is 7.89. The highest BCUT2D eigenvalue weighted by Crippen LogP contribution is 2.25. The van der Waals surface area contributed by atoms with Crippen LogP contribution in [0.4, 0.5) is 0 Å². The fraction of sp³-hybridized carbons (Fsp3) is 0.423. The first-order valence-electron chi connectivity index (χ1n) is 11.0. The van der Waals surface area contributed by atoms with E-state index in [2.05, 4.69) is 49.1 Å². The van der Waals surface area contributed by atoms with E-state index in [9.17, 15) is 4.21 Å². The van der Waals surface area contributed by atoms with Crippen LogP contribution in [0, 0.1) is 5.92 Å². The lowest BCUT2D eigenvalue weighted by atomic mass is 9.95. The van der Waals surface area contributed by atoms with Crippen molar-refractivity contribution in [3.8, 4) is 0 Å². The Balaban J connectivity index is 0.00000145. The van der Waals surface area contributed by atoms with Crippen LogP contribution in [-0.4, -0.2) is 20.8 Å². The number of hydrogen-bond donors (Lipinski definition) is 1. The SMILES string of the molecule is C=S(=O)(CCc1ccc2[nH]cc(CC(C)CCCC)c2c1)c1ccccc1.CC. The minimum Gasteiger partial charge on any atom is -0.361 e. The Hall–Kier alpha value is -2.00. The highest BCUT2D eigenvalue weighted by Gasteiger charge is 2.11. The number of H-pyrrole nitrogens is 1. The summed E-state index contributed by atoms with van der Waals surface area (Å²) in [6, 6.07) is 16.2. The molecule has 0 radical (unpaired) electrons. The summed E-state index contributed by atoms with van der Waals surface area (Å²) in [7, 11) is -2.25. The molecule has 0 fully saturated rings. The van der Waals surface area contributed by atoms with Crippen LogP contribution in [0.5, 0.6) is 0 Å². The Bertz CT molecular complexity index is 970. The van der Waals surface area contributed by atoms with E-state index < -0.39 is 9.52 Å². The quantitative estimate of drug-likeness (QED) is 0.382. The topological polar surface area (TPSA) is 32.9 Å². The van der Waals surface area contributed by atoms with E-state index >= 15 is 0 Å². The normalized spacial score (nSPS) is 14.1. The molecule has 0 aliphatic carbocycles. The second-order valence-corrected chi connectivity index (χ2v) is 10.2. The molecule has 0 saturated carbocycles. The standard InChI is InChI=1S/C24H31NOS.C2H6/c1-4-5-9-19(2)16-21-18-25-24-13-12-20(17-23(21)24)14-15-27(3,26)22-10-7-6-8-11-22;1-2/h6-8,10-13,17-19,25H,3-5,9,14-16H2,1-2H3;1-2H3. The van der Waals surface area contributed by atoms with E-state index in [1.165, 1.54) is 41.3 Å². The maximum Gasteiger partial charge on any atom is 0.0456 e. The third-order valence-corrected chi connectivity index (χ3v) is 7.34. The summed E-state index contributed by atoms with van der Waals surface area (Å²) in [5, 5.41) is 1.31. The fourth-order valence-electron chi connectivity index (χ4n) is 3.65. The number of aromatic amines is 1. The molecule has 3 rings (SSSR count). The molecule has 2 aromatic carbocycles. The molecule has 1 N–H and O–H groups in total. The van der Waals surface area contributed by atoms with Crippen LogP contribution in [-0.2, 0) is 22.4 Å². The predicted octanol–water partition coefficient (Wildman–Crippen LogP) is 6.88. The van der Waals surface area contributed by atoms with E-state index in [1.807, 2.05) is 44.2 Å². The van der Waals surface area contributed by atoms with Crippen molar-refractivity contribution in [2.45, 2.75) is 64.7 Å². The highest BCUT2D eigenvalue weighted by molar-refractivity contribution is 8.00. The number of rotatable bonds is 9. The van der Waals surface area contributed by atoms with E-state index in [0.717, 1.165) is 17.7 Å². The second kappa shape index (κ2) is 11.3. The average Bonchev–Trinajstić information content (AvgIpc) is 3.15. The van der Waals surface area contributed by atoms with Gasteiger partial charge in [0.25, 0.3) is 0 Å². The maximum atomic E-state index is 13.0. The van der Waals surface area contributed by atoms with Crippen molar-refractivity contribution in [1.82, 2.24) is 4.98 Å². The molecule has 3 aromatic rings. The molecular weight excluding hydrogens is 374 g/mol. The lowest BCUT2D eigenvalue weighted by Gasteiger charge is -2.11. The van der Waals surface area contributed by atoms with Gasteiger partial charge in [-0.2, -0.15) is 0 Å². The molecule has 29 heavy (non-hydrogen) atoms. The minimum absolute atomic E-state index is 0.579. The van der Waals surface area contributed by atoms with E-state index in [-0.39, 0.29) is 0 Å². The van der Waals surface area contributed by atoms with Crippen molar-refractivity contribution < 1.29 is 4.21 Å².